The van der Waals surface area contributed by atoms with Gasteiger partial charge in [0.25, 0.3) is 0 Å². The lowest BCUT2D eigenvalue weighted by molar-refractivity contribution is 0.298. The second-order valence-electron chi connectivity index (χ2n) is 11.7. The van der Waals surface area contributed by atoms with Gasteiger partial charge in [-0.25, -0.2) is 17.6 Å². The van der Waals surface area contributed by atoms with Crippen molar-refractivity contribution >= 4 is 0 Å². The van der Waals surface area contributed by atoms with Gasteiger partial charge in [0.1, 0.15) is 0 Å². The first-order valence-corrected chi connectivity index (χ1v) is 15.5. The Morgan fingerprint density at radius 1 is 0.550 bits per heavy atom. The Bertz CT molecular complexity index is 1220. The first-order chi connectivity index (χ1) is 19.4. The summed E-state index contributed by atoms with van der Waals surface area (Å²) in [4.78, 5) is 0. The molecule has 0 saturated heterocycles. The molecular formula is C36H44F4. The highest BCUT2D eigenvalue weighted by Gasteiger charge is 2.26. The fraction of sp³-hybridized carbons (Fsp3) is 0.500. The maximum atomic E-state index is 15.3. The number of hydrogen-bond donors (Lipinski definition) is 0. The summed E-state index contributed by atoms with van der Waals surface area (Å²) in [5, 5.41) is 0. The third kappa shape index (κ3) is 7.36. The van der Waals surface area contributed by atoms with Crippen molar-refractivity contribution in [3.63, 3.8) is 0 Å². The molecule has 0 aromatic heterocycles. The Hall–Kier alpha value is -2.62. The number of rotatable bonds is 13. The van der Waals surface area contributed by atoms with Crippen molar-refractivity contribution in [2.45, 2.75) is 110 Å². The number of aryl methyl sites for hydroxylation is 1. The minimum absolute atomic E-state index is 0.0607. The van der Waals surface area contributed by atoms with Gasteiger partial charge in [0.2, 0.25) is 0 Å². The van der Waals surface area contributed by atoms with Crippen LogP contribution in [0.25, 0.3) is 22.3 Å². The quantitative estimate of drug-likeness (QED) is 0.146. The Kier molecular flexibility index (Phi) is 11.3. The van der Waals surface area contributed by atoms with Gasteiger partial charge in [0.05, 0.1) is 0 Å². The highest BCUT2D eigenvalue weighted by molar-refractivity contribution is 5.71. The van der Waals surface area contributed by atoms with Crippen molar-refractivity contribution in [1.82, 2.24) is 0 Å². The molecule has 216 valence electrons. The maximum Gasteiger partial charge on any atom is 0.166 e. The van der Waals surface area contributed by atoms with Crippen LogP contribution in [0.1, 0.15) is 114 Å². The second kappa shape index (κ2) is 14.8. The van der Waals surface area contributed by atoms with Crippen molar-refractivity contribution < 1.29 is 17.6 Å². The van der Waals surface area contributed by atoms with Gasteiger partial charge in [-0.05, 0) is 72.6 Å². The number of halogens is 4. The summed E-state index contributed by atoms with van der Waals surface area (Å²) < 4.78 is 60.2. The van der Waals surface area contributed by atoms with Crippen LogP contribution < -0.4 is 0 Å². The second-order valence-corrected chi connectivity index (χ2v) is 11.7. The average molecular weight is 553 g/mol. The Labute approximate surface area is 238 Å². The minimum atomic E-state index is -0.861. The molecule has 0 unspecified atom stereocenters. The number of unbranched alkanes of at least 4 members (excludes halogenated alkanes) is 6. The minimum Gasteiger partial charge on any atom is -0.203 e. The molecule has 0 nitrogen and oxygen atoms in total. The van der Waals surface area contributed by atoms with E-state index >= 15 is 8.78 Å². The van der Waals surface area contributed by atoms with E-state index in [2.05, 4.69) is 13.8 Å². The van der Waals surface area contributed by atoms with Gasteiger partial charge < -0.3 is 0 Å². The van der Waals surface area contributed by atoms with Crippen LogP contribution in [0.5, 0.6) is 0 Å². The molecule has 0 amide bonds. The third-order valence-corrected chi connectivity index (χ3v) is 8.83. The van der Waals surface area contributed by atoms with Crippen LogP contribution in [-0.2, 0) is 6.42 Å². The normalized spacial score (nSPS) is 17.4. The van der Waals surface area contributed by atoms with Crippen LogP contribution in [0.15, 0.2) is 48.5 Å². The Morgan fingerprint density at radius 2 is 1.10 bits per heavy atom. The molecule has 3 aromatic rings. The van der Waals surface area contributed by atoms with E-state index in [1.165, 1.54) is 25.7 Å². The van der Waals surface area contributed by atoms with Crippen LogP contribution in [-0.4, -0.2) is 0 Å². The van der Waals surface area contributed by atoms with Crippen LogP contribution in [0, 0.1) is 29.2 Å². The fourth-order valence-electron chi connectivity index (χ4n) is 6.30. The van der Waals surface area contributed by atoms with E-state index < -0.39 is 23.3 Å². The fourth-order valence-corrected chi connectivity index (χ4v) is 6.30. The SMILES string of the molecule is CCCCCCCc1ccc(-c2ccc(-c3ccc(C4CCC(CCCCC)CC4)c(F)c3F)cc2)c(F)c1F. The monoisotopic (exact) mass is 552 g/mol. The van der Waals surface area contributed by atoms with Crippen LogP contribution in [0.4, 0.5) is 17.6 Å². The van der Waals surface area contributed by atoms with E-state index in [0.717, 1.165) is 57.8 Å². The standard InChI is InChI=1S/C36H44F4/c1-3-5-7-8-10-12-29-21-22-30(34(38)33(29)37)27-17-19-28(20-18-27)32-24-23-31(35(39)36(32)40)26-15-13-25(14-16-26)11-9-6-4-2/h17-26H,3-16H2,1-2H3. The van der Waals surface area contributed by atoms with E-state index in [1.54, 1.807) is 48.5 Å². The third-order valence-electron chi connectivity index (χ3n) is 8.83. The van der Waals surface area contributed by atoms with Gasteiger partial charge in [0, 0.05) is 11.1 Å². The lowest BCUT2D eigenvalue weighted by Gasteiger charge is -2.29. The predicted molar refractivity (Wildman–Crippen MR) is 158 cm³/mol. The largest absolute Gasteiger partial charge is 0.203 e. The van der Waals surface area contributed by atoms with Gasteiger partial charge in [0.15, 0.2) is 23.3 Å². The molecule has 0 N–H and O–H groups in total. The van der Waals surface area contributed by atoms with E-state index in [-0.39, 0.29) is 17.0 Å². The molecule has 0 atom stereocenters. The summed E-state index contributed by atoms with van der Waals surface area (Å²) in [7, 11) is 0. The molecule has 4 rings (SSSR count). The van der Waals surface area contributed by atoms with Crippen molar-refractivity contribution in [2.75, 3.05) is 0 Å². The van der Waals surface area contributed by atoms with E-state index in [0.29, 0.717) is 34.6 Å². The van der Waals surface area contributed by atoms with Gasteiger partial charge in [-0.3, -0.25) is 0 Å². The van der Waals surface area contributed by atoms with Gasteiger partial charge >= 0.3 is 0 Å². The van der Waals surface area contributed by atoms with Crippen molar-refractivity contribution in [1.29, 1.82) is 0 Å². The van der Waals surface area contributed by atoms with Crippen molar-refractivity contribution in [3.8, 4) is 22.3 Å². The summed E-state index contributed by atoms with van der Waals surface area (Å²) in [6, 6.07) is 13.2. The van der Waals surface area contributed by atoms with Crippen molar-refractivity contribution in [3.05, 3.63) is 82.9 Å². The van der Waals surface area contributed by atoms with E-state index in [4.69, 9.17) is 0 Å². The van der Waals surface area contributed by atoms with Gasteiger partial charge in [-0.1, -0.05) is 114 Å². The van der Waals surface area contributed by atoms with E-state index in [1.807, 2.05) is 0 Å². The Balaban J connectivity index is 1.43. The van der Waals surface area contributed by atoms with E-state index in [9.17, 15) is 8.78 Å². The van der Waals surface area contributed by atoms with Crippen LogP contribution >= 0.6 is 0 Å². The molecule has 0 spiro atoms. The maximum absolute atomic E-state index is 15.3. The average Bonchev–Trinajstić information content (AvgIpc) is 2.97. The highest BCUT2D eigenvalue weighted by atomic mass is 19.2. The smallest absolute Gasteiger partial charge is 0.166 e. The molecule has 40 heavy (non-hydrogen) atoms. The molecule has 4 heteroatoms. The molecule has 1 fully saturated rings. The molecule has 1 aliphatic carbocycles. The lowest BCUT2D eigenvalue weighted by atomic mass is 9.76. The highest BCUT2D eigenvalue weighted by Crippen LogP contribution is 2.40. The summed E-state index contributed by atoms with van der Waals surface area (Å²) in [6.07, 6.45) is 14.7. The molecular weight excluding hydrogens is 508 g/mol. The molecule has 0 heterocycles. The summed E-state index contributed by atoms with van der Waals surface area (Å²) in [5.41, 5.74) is 2.25. The molecule has 0 radical (unpaired) electrons. The lowest BCUT2D eigenvalue weighted by Crippen LogP contribution is -2.15. The first-order valence-electron chi connectivity index (χ1n) is 15.5. The molecule has 1 saturated carbocycles. The number of benzene rings is 3. The summed E-state index contributed by atoms with van der Waals surface area (Å²) in [5.74, 6) is -2.48. The first kappa shape index (κ1) is 30.3. The van der Waals surface area contributed by atoms with Crippen LogP contribution in [0.2, 0.25) is 0 Å². The summed E-state index contributed by atoms with van der Waals surface area (Å²) >= 11 is 0. The molecule has 0 aliphatic heterocycles. The number of hydrogen-bond acceptors (Lipinski definition) is 0. The molecule has 1 aliphatic rings. The Morgan fingerprint density at radius 3 is 1.73 bits per heavy atom. The van der Waals surface area contributed by atoms with Gasteiger partial charge in [-0.15, -0.1) is 0 Å². The topological polar surface area (TPSA) is 0 Å². The van der Waals surface area contributed by atoms with Gasteiger partial charge in [-0.2, -0.15) is 0 Å². The predicted octanol–water partition coefficient (Wildman–Crippen LogP) is 11.9. The van der Waals surface area contributed by atoms with Crippen LogP contribution in [0.3, 0.4) is 0 Å². The van der Waals surface area contributed by atoms with Crippen molar-refractivity contribution in [2.24, 2.45) is 5.92 Å². The molecule has 3 aromatic carbocycles. The molecule has 0 bridgehead atoms. The zero-order valence-electron chi connectivity index (χ0n) is 24.2. The zero-order chi connectivity index (χ0) is 28.5. The summed E-state index contributed by atoms with van der Waals surface area (Å²) in [6.45, 7) is 4.36. The zero-order valence-corrected chi connectivity index (χ0v) is 24.2.